The zero-order valence-electron chi connectivity index (χ0n) is 10.2. The summed E-state index contributed by atoms with van der Waals surface area (Å²) in [6, 6.07) is -0.745. The predicted octanol–water partition coefficient (Wildman–Crippen LogP) is 0.884. The second-order valence-corrected chi connectivity index (χ2v) is 5.27. The Morgan fingerprint density at radius 1 is 1.50 bits per heavy atom. The summed E-state index contributed by atoms with van der Waals surface area (Å²) in [5.74, 6) is -0.520. The van der Waals surface area contributed by atoms with Crippen LogP contribution < -0.4 is 5.09 Å². The lowest BCUT2D eigenvalue weighted by molar-refractivity contribution is -0.159. The van der Waals surface area contributed by atoms with Crippen molar-refractivity contribution in [3.05, 3.63) is 0 Å². The summed E-state index contributed by atoms with van der Waals surface area (Å²) in [6.45, 7) is 2.82. The molecule has 3 N–H and O–H groups in total. The number of esters is 1. The van der Waals surface area contributed by atoms with Crippen LogP contribution in [0.15, 0.2) is 0 Å². The Balaban J connectivity index is 0. The van der Waals surface area contributed by atoms with E-state index >= 15 is 0 Å². The molecule has 10 heteroatoms. The van der Waals surface area contributed by atoms with Gasteiger partial charge < -0.3 is 14.7 Å². The van der Waals surface area contributed by atoms with Crippen LogP contribution in [-0.2, 0) is 14.1 Å². The van der Waals surface area contributed by atoms with Crippen LogP contribution in [0.5, 0.6) is 0 Å². The molecule has 0 amide bonds. The van der Waals surface area contributed by atoms with Gasteiger partial charge in [-0.25, -0.2) is 5.09 Å². The molecule has 0 saturated heterocycles. The first-order valence-electron chi connectivity index (χ1n) is 4.85. The highest BCUT2D eigenvalue weighted by Gasteiger charge is 2.24. The van der Waals surface area contributed by atoms with Crippen LogP contribution in [0, 0.1) is 0 Å². The fourth-order valence-corrected chi connectivity index (χ4v) is 1.50. The number of alkyl halides is 3. The summed E-state index contributed by atoms with van der Waals surface area (Å²) >= 11 is 0. The van der Waals surface area contributed by atoms with E-state index in [-0.39, 0.29) is 6.61 Å². The van der Waals surface area contributed by atoms with Crippen LogP contribution in [0.3, 0.4) is 0 Å². The highest BCUT2D eigenvalue weighted by atomic mass is 31.2. The van der Waals surface area contributed by atoms with Crippen molar-refractivity contribution in [1.82, 2.24) is 5.09 Å². The number of halogens is 3. The lowest BCUT2D eigenvalue weighted by atomic mass is 10.4. The number of hydrogen-bond acceptors (Lipinski definition) is 4. The van der Waals surface area contributed by atoms with E-state index in [0.29, 0.717) is 0 Å². The number of carbonyl (C=O) groups is 1. The van der Waals surface area contributed by atoms with Gasteiger partial charge >= 0.3 is 12.1 Å². The average molecular weight is 295 g/mol. The topological polar surface area (TPSA) is 95.9 Å². The molecule has 0 aromatic heterocycles. The molecule has 0 fully saturated rings. The van der Waals surface area contributed by atoms with Crippen molar-refractivity contribution in [3.63, 3.8) is 0 Å². The fraction of sp³-hybridized carbons (Fsp3) is 0.875. The van der Waals surface area contributed by atoms with Crippen LogP contribution >= 0.6 is 7.52 Å². The van der Waals surface area contributed by atoms with Gasteiger partial charge in [0.2, 0.25) is 0 Å². The Morgan fingerprint density at radius 2 is 1.89 bits per heavy atom. The van der Waals surface area contributed by atoms with Crippen LogP contribution in [-0.4, -0.2) is 48.1 Å². The smallest absolute Gasteiger partial charge is 0.411 e. The third-order valence-corrected chi connectivity index (χ3v) is 2.12. The van der Waals surface area contributed by atoms with E-state index < -0.39 is 32.3 Å². The highest BCUT2D eigenvalue weighted by molar-refractivity contribution is 7.55. The van der Waals surface area contributed by atoms with E-state index in [1.165, 1.54) is 6.92 Å². The van der Waals surface area contributed by atoms with Crippen LogP contribution in [0.2, 0.25) is 0 Å². The van der Waals surface area contributed by atoms with Gasteiger partial charge in [-0.1, -0.05) is 0 Å². The molecule has 0 aliphatic rings. The zero-order valence-corrected chi connectivity index (χ0v) is 11.1. The van der Waals surface area contributed by atoms with E-state index in [2.05, 4.69) is 9.82 Å². The van der Waals surface area contributed by atoms with Gasteiger partial charge in [0.15, 0.2) is 0 Å². The fourth-order valence-electron chi connectivity index (χ4n) is 0.679. The second-order valence-electron chi connectivity index (χ2n) is 3.26. The standard InChI is InChI=1S/C6H14NO4P.C2H3F3O/c1-4-11-6(8)5(2)7-12(3,9)10;3-2(4,5)1-6/h5H,4H2,1-3H3,(H2,7,9,10);6H,1H2. The number of ether oxygens (including phenoxy) is 1. The van der Waals surface area contributed by atoms with Crippen molar-refractivity contribution in [2.75, 3.05) is 19.9 Å². The molecule has 0 aliphatic carbocycles. The number of carbonyl (C=O) groups excluding carboxylic acids is 1. The Morgan fingerprint density at radius 3 is 2.11 bits per heavy atom. The molecule has 0 heterocycles. The molecular formula is C8H17F3NO5P. The lowest BCUT2D eigenvalue weighted by Gasteiger charge is -2.14. The van der Waals surface area contributed by atoms with Crippen molar-refractivity contribution < 1.29 is 37.3 Å². The third kappa shape index (κ3) is 15.4. The average Bonchev–Trinajstić information content (AvgIpc) is 2.15. The first-order valence-corrected chi connectivity index (χ1v) is 6.96. The van der Waals surface area contributed by atoms with Gasteiger partial charge in [-0.15, -0.1) is 0 Å². The molecule has 0 aliphatic heterocycles. The van der Waals surface area contributed by atoms with E-state index in [1.807, 2.05) is 0 Å². The van der Waals surface area contributed by atoms with Gasteiger partial charge in [0.05, 0.1) is 6.61 Å². The molecule has 0 spiro atoms. The van der Waals surface area contributed by atoms with Crippen molar-refractivity contribution in [3.8, 4) is 0 Å². The quantitative estimate of drug-likeness (QED) is 0.526. The summed E-state index contributed by atoms with van der Waals surface area (Å²) in [5.41, 5.74) is 0. The molecule has 0 aromatic rings. The number of hydrogen-bond donors (Lipinski definition) is 3. The van der Waals surface area contributed by atoms with Gasteiger partial charge in [0.1, 0.15) is 12.6 Å². The molecule has 2 unspecified atom stereocenters. The monoisotopic (exact) mass is 295 g/mol. The largest absolute Gasteiger partial charge is 0.465 e. The van der Waals surface area contributed by atoms with Gasteiger partial charge in [-0.05, 0) is 13.8 Å². The Bertz CT molecular complexity index is 291. The third-order valence-electron chi connectivity index (χ3n) is 1.25. The number of nitrogens with one attached hydrogen (secondary N) is 1. The van der Waals surface area contributed by atoms with Gasteiger partial charge in [0, 0.05) is 6.66 Å². The molecule has 0 radical (unpaired) electrons. The summed E-state index contributed by atoms with van der Waals surface area (Å²) in [4.78, 5) is 19.7. The Hall–Kier alpha value is -0.630. The maximum Gasteiger partial charge on any atom is 0.411 e. The van der Waals surface area contributed by atoms with E-state index in [1.54, 1.807) is 6.92 Å². The first-order chi connectivity index (χ1) is 7.93. The minimum absolute atomic E-state index is 0.268. The summed E-state index contributed by atoms with van der Waals surface area (Å²) in [5, 5.41) is 9.52. The molecular weight excluding hydrogens is 278 g/mol. The summed E-state index contributed by atoms with van der Waals surface area (Å²) in [6.07, 6.45) is -4.40. The molecule has 0 saturated carbocycles. The molecule has 2 atom stereocenters. The molecule has 110 valence electrons. The van der Waals surface area contributed by atoms with Crippen molar-refractivity contribution >= 4 is 13.5 Å². The minimum Gasteiger partial charge on any atom is -0.465 e. The van der Waals surface area contributed by atoms with Crippen LogP contribution in [0.4, 0.5) is 13.2 Å². The van der Waals surface area contributed by atoms with Gasteiger partial charge in [-0.2, -0.15) is 13.2 Å². The molecule has 18 heavy (non-hydrogen) atoms. The zero-order chi connectivity index (χ0) is 15.0. The number of rotatable bonds is 4. The van der Waals surface area contributed by atoms with Crippen molar-refractivity contribution in [2.45, 2.75) is 26.1 Å². The molecule has 6 nitrogen and oxygen atoms in total. The second kappa shape index (κ2) is 8.47. The Labute approximate surface area is 103 Å². The lowest BCUT2D eigenvalue weighted by Crippen LogP contribution is -2.32. The van der Waals surface area contributed by atoms with E-state index in [4.69, 9.17) is 10.00 Å². The van der Waals surface area contributed by atoms with Crippen molar-refractivity contribution in [1.29, 1.82) is 0 Å². The van der Waals surface area contributed by atoms with E-state index in [0.717, 1.165) is 6.66 Å². The minimum atomic E-state index is -4.40. The molecule has 0 rings (SSSR count). The maximum absolute atomic E-state index is 10.9. The van der Waals surface area contributed by atoms with Gasteiger partial charge in [-0.3, -0.25) is 9.36 Å². The molecule has 0 bridgehead atoms. The van der Waals surface area contributed by atoms with Gasteiger partial charge in [0.25, 0.3) is 7.52 Å². The van der Waals surface area contributed by atoms with Crippen LogP contribution in [0.1, 0.15) is 13.8 Å². The Kier molecular flexibility index (Phi) is 9.27. The highest BCUT2D eigenvalue weighted by Crippen LogP contribution is 2.29. The maximum atomic E-state index is 10.9. The summed E-state index contributed by atoms with van der Waals surface area (Å²) < 4.78 is 47.0. The molecule has 0 aromatic carbocycles. The number of aliphatic hydroxyl groups excluding tert-OH is 1. The predicted molar refractivity (Wildman–Crippen MR) is 58.1 cm³/mol. The summed E-state index contributed by atoms with van der Waals surface area (Å²) in [7, 11) is -3.35. The normalized spacial score (nSPS) is 16.0. The van der Waals surface area contributed by atoms with Crippen molar-refractivity contribution in [2.24, 2.45) is 0 Å². The van der Waals surface area contributed by atoms with E-state index in [9.17, 15) is 22.5 Å². The number of aliphatic hydroxyl groups is 1. The SMILES string of the molecule is CCOC(=O)C(C)NP(C)(=O)O.OCC(F)(F)F. The first kappa shape index (κ1) is 19.7. The van der Waals surface area contributed by atoms with Crippen LogP contribution in [0.25, 0.3) is 0 Å².